The second-order valence-electron chi connectivity index (χ2n) is 4.63. The lowest BCUT2D eigenvalue weighted by molar-refractivity contribution is 0.281. The zero-order valence-corrected chi connectivity index (χ0v) is 11.0. The molecule has 0 bridgehead atoms. The van der Waals surface area contributed by atoms with Gasteiger partial charge in [0, 0.05) is 24.9 Å². The van der Waals surface area contributed by atoms with Crippen LogP contribution in [-0.2, 0) is 6.61 Å². The van der Waals surface area contributed by atoms with Gasteiger partial charge in [0.1, 0.15) is 0 Å². The van der Waals surface area contributed by atoms with E-state index >= 15 is 0 Å². The van der Waals surface area contributed by atoms with Crippen molar-refractivity contribution in [1.29, 1.82) is 0 Å². The molecule has 0 atom stereocenters. The first-order valence-electron chi connectivity index (χ1n) is 6.18. The van der Waals surface area contributed by atoms with Crippen LogP contribution < -0.4 is 4.90 Å². The van der Waals surface area contributed by atoms with Gasteiger partial charge in [-0.1, -0.05) is 6.07 Å². The number of aliphatic hydroxyl groups is 2. The van der Waals surface area contributed by atoms with Gasteiger partial charge in [0.2, 0.25) is 0 Å². The summed E-state index contributed by atoms with van der Waals surface area (Å²) in [6.07, 6.45) is 0.777. The van der Waals surface area contributed by atoms with E-state index in [1.807, 2.05) is 19.1 Å². The third-order valence-electron chi connectivity index (χ3n) is 3.01. The molecule has 2 N–H and O–H groups in total. The number of hydrogen-bond donors (Lipinski definition) is 2. The van der Waals surface area contributed by atoms with E-state index in [0.717, 1.165) is 29.8 Å². The molecule has 0 aliphatic carbocycles. The molecule has 1 aromatic carbocycles. The van der Waals surface area contributed by atoms with E-state index in [1.54, 1.807) is 0 Å². The predicted octanol–water partition coefficient (Wildman–Crippen LogP) is 2.08. The van der Waals surface area contributed by atoms with Gasteiger partial charge in [-0.05, 0) is 50.5 Å². The van der Waals surface area contributed by atoms with Crippen molar-refractivity contribution in [2.75, 3.05) is 18.1 Å². The fraction of sp³-hybridized carbons (Fsp3) is 0.571. The lowest BCUT2D eigenvalue weighted by atomic mass is 10.1. The summed E-state index contributed by atoms with van der Waals surface area (Å²) in [4.78, 5) is 2.27. The summed E-state index contributed by atoms with van der Waals surface area (Å²) in [6, 6.07) is 6.51. The van der Waals surface area contributed by atoms with Crippen LogP contribution in [-0.4, -0.2) is 29.4 Å². The van der Waals surface area contributed by atoms with Crippen molar-refractivity contribution in [2.24, 2.45) is 0 Å². The number of hydrogen-bond acceptors (Lipinski definition) is 3. The maximum atomic E-state index is 9.15. The van der Waals surface area contributed by atoms with Crippen LogP contribution in [0.3, 0.4) is 0 Å². The summed E-state index contributed by atoms with van der Waals surface area (Å²) in [7, 11) is 0. The van der Waals surface area contributed by atoms with Crippen LogP contribution in [0.4, 0.5) is 5.69 Å². The van der Waals surface area contributed by atoms with Crippen molar-refractivity contribution in [2.45, 2.75) is 39.8 Å². The van der Waals surface area contributed by atoms with Gasteiger partial charge in [-0.2, -0.15) is 0 Å². The molecule has 0 spiro atoms. The molecule has 17 heavy (non-hydrogen) atoms. The summed E-state index contributed by atoms with van der Waals surface area (Å²) in [5, 5.41) is 18.1. The molecule has 0 fully saturated rings. The normalized spacial score (nSPS) is 10.9. The predicted molar refractivity (Wildman–Crippen MR) is 71.3 cm³/mol. The van der Waals surface area contributed by atoms with Crippen molar-refractivity contribution in [3.8, 4) is 0 Å². The summed E-state index contributed by atoms with van der Waals surface area (Å²) < 4.78 is 0. The Bertz CT molecular complexity index is 350. The van der Waals surface area contributed by atoms with Gasteiger partial charge in [-0.15, -0.1) is 0 Å². The van der Waals surface area contributed by atoms with E-state index in [0.29, 0.717) is 6.04 Å². The Balaban J connectivity index is 2.90. The highest BCUT2D eigenvalue weighted by molar-refractivity contribution is 5.51. The molecular weight excluding hydrogens is 214 g/mol. The Labute approximate surface area is 104 Å². The number of aryl methyl sites for hydroxylation is 1. The largest absolute Gasteiger partial charge is 0.396 e. The highest BCUT2D eigenvalue weighted by Gasteiger charge is 2.11. The fourth-order valence-electron chi connectivity index (χ4n) is 1.96. The second kappa shape index (κ2) is 6.62. The lowest BCUT2D eigenvalue weighted by Crippen LogP contribution is -2.32. The monoisotopic (exact) mass is 237 g/mol. The average molecular weight is 237 g/mol. The van der Waals surface area contributed by atoms with Crippen molar-refractivity contribution in [1.82, 2.24) is 0 Å². The zero-order valence-electron chi connectivity index (χ0n) is 11.0. The van der Waals surface area contributed by atoms with Crippen molar-refractivity contribution >= 4 is 5.69 Å². The first-order chi connectivity index (χ1) is 8.10. The minimum atomic E-state index is 0.0877. The third kappa shape index (κ3) is 3.72. The van der Waals surface area contributed by atoms with Crippen LogP contribution in [0, 0.1) is 6.92 Å². The van der Waals surface area contributed by atoms with Gasteiger partial charge >= 0.3 is 0 Å². The first kappa shape index (κ1) is 14.0. The molecule has 0 amide bonds. The zero-order chi connectivity index (χ0) is 12.8. The van der Waals surface area contributed by atoms with Crippen LogP contribution in [0.5, 0.6) is 0 Å². The molecule has 0 heterocycles. The van der Waals surface area contributed by atoms with E-state index in [2.05, 4.69) is 24.8 Å². The molecule has 3 heteroatoms. The van der Waals surface area contributed by atoms with Crippen LogP contribution in [0.25, 0.3) is 0 Å². The standard InChI is InChI=1S/C14H23NO2/c1-11(2)15(7-4-8-16)14-6-5-13(10-17)12(3)9-14/h5-6,9,11,16-17H,4,7-8,10H2,1-3H3. The molecule has 1 rings (SSSR count). The van der Waals surface area contributed by atoms with Crippen molar-refractivity contribution in [3.63, 3.8) is 0 Å². The molecule has 0 aromatic heterocycles. The molecular formula is C14H23NO2. The molecule has 3 nitrogen and oxygen atoms in total. The molecule has 0 saturated carbocycles. The second-order valence-corrected chi connectivity index (χ2v) is 4.63. The SMILES string of the molecule is Cc1cc(N(CCCO)C(C)C)ccc1CO. The highest BCUT2D eigenvalue weighted by Crippen LogP contribution is 2.21. The number of aliphatic hydroxyl groups excluding tert-OH is 2. The molecule has 0 unspecified atom stereocenters. The third-order valence-corrected chi connectivity index (χ3v) is 3.01. The Morgan fingerprint density at radius 1 is 1.24 bits per heavy atom. The van der Waals surface area contributed by atoms with Crippen LogP contribution in [0.2, 0.25) is 0 Å². The minimum absolute atomic E-state index is 0.0877. The Kier molecular flexibility index (Phi) is 5.45. The van der Waals surface area contributed by atoms with E-state index in [1.165, 1.54) is 0 Å². The average Bonchev–Trinajstić information content (AvgIpc) is 2.29. The molecule has 0 saturated heterocycles. The summed E-state index contributed by atoms with van der Waals surface area (Å²) in [6.45, 7) is 7.46. The van der Waals surface area contributed by atoms with Gasteiger partial charge in [0.15, 0.2) is 0 Å². The maximum Gasteiger partial charge on any atom is 0.0684 e. The van der Waals surface area contributed by atoms with Gasteiger partial charge < -0.3 is 15.1 Å². The van der Waals surface area contributed by atoms with E-state index < -0.39 is 0 Å². The Hall–Kier alpha value is -1.06. The van der Waals surface area contributed by atoms with Gasteiger partial charge in [0.05, 0.1) is 6.61 Å². The fourth-order valence-corrected chi connectivity index (χ4v) is 1.96. The van der Waals surface area contributed by atoms with Gasteiger partial charge in [-0.25, -0.2) is 0 Å². The minimum Gasteiger partial charge on any atom is -0.396 e. The van der Waals surface area contributed by atoms with Crippen molar-refractivity contribution < 1.29 is 10.2 Å². The molecule has 0 radical (unpaired) electrons. The lowest BCUT2D eigenvalue weighted by Gasteiger charge is -2.29. The van der Waals surface area contributed by atoms with Crippen LogP contribution in [0.1, 0.15) is 31.4 Å². The van der Waals surface area contributed by atoms with E-state index in [4.69, 9.17) is 10.2 Å². The summed E-state index contributed by atoms with van der Waals surface area (Å²) in [5.41, 5.74) is 3.24. The topological polar surface area (TPSA) is 43.7 Å². The number of benzene rings is 1. The van der Waals surface area contributed by atoms with E-state index in [9.17, 15) is 0 Å². The van der Waals surface area contributed by atoms with Crippen LogP contribution >= 0.6 is 0 Å². The van der Waals surface area contributed by atoms with Crippen LogP contribution in [0.15, 0.2) is 18.2 Å². The smallest absolute Gasteiger partial charge is 0.0684 e. The first-order valence-corrected chi connectivity index (χ1v) is 6.18. The van der Waals surface area contributed by atoms with Gasteiger partial charge in [-0.3, -0.25) is 0 Å². The van der Waals surface area contributed by atoms with Gasteiger partial charge in [0.25, 0.3) is 0 Å². The molecule has 1 aromatic rings. The summed E-state index contributed by atoms with van der Waals surface area (Å²) >= 11 is 0. The molecule has 0 aliphatic heterocycles. The quantitative estimate of drug-likeness (QED) is 0.796. The highest BCUT2D eigenvalue weighted by atomic mass is 16.3. The Morgan fingerprint density at radius 3 is 2.41 bits per heavy atom. The van der Waals surface area contributed by atoms with E-state index in [-0.39, 0.29) is 13.2 Å². The number of rotatable bonds is 6. The number of nitrogens with zero attached hydrogens (tertiary/aromatic N) is 1. The molecule has 0 aliphatic rings. The Morgan fingerprint density at radius 2 is 1.94 bits per heavy atom. The molecule has 96 valence electrons. The van der Waals surface area contributed by atoms with Crippen molar-refractivity contribution in [3.05, 3.63) is 29.3 Å². The maximum absolute atomic E-state index is 9.15. The number of anilines is 1. The summed E-state index contributed by atoms with van der Waals surface area (Å²) in [5.74, 6) is 0.